The molecule has 0 spiro atoms. The van der Waals surface area contributed by atoms with Gasteiger partial charge in [-0.05, 0) is 6.92 Å². The van der Waals surface area contributed by atoms with Gasteiger partial charge in [-0.2, -0.15) is 0 Å². The fourth-order valence-electron chi connectivity index (χ4n) is 3.04. The molecule has 0 aromatic rings. The first kappa shape index (κ1) is 21.3. The van der Waals surface area contributed by atoms with Gasteiger partial charge in [0.05, 0.1) is 17.6 Å². The molecule has 0 heterocycles. The molecular weight excluding hydrogens is 305 g/mol. The molecule has 0 aromatic carbocycles. The Morgan fingerprint density at radius 3 is 2.19 bits per heavy atom. The first-order valence-electron chi connectivity index (χ1n) is 5.86. The van der Waals surface area contributed by atoms with Crippen molar-refractivity contribution >= 4 is 17.8 Å². The molecule has 1 amide bonds. The van der Waals surface area contributed by atoms with E-state index in [1.807, 2.05) is 0 Å². The van der Waals surface area contributed by atoms with Crippen molar-refractivity contribution in [1.29, 1.82) is 0 Å². The van der Waals surface area contributed by atoms with Crippen molar-refractivity contribution < 1.29 is 88.1 Å². The molecule has 21 heavy (non-hydrogen) atoms. The number of nitrogens with two attached hydrogens (primary N) is 1. The minimum absolute atomic E-state index is 0. The molecule has 106 valence electrons. The number of nitrogens with one attached hydrogen (secondary N) is 1. The number of carboxylic acid groups (broad SMARTS) is 2. The summed E-state index contributed by atoms with van der Waals surface area (Å²) in [7, 11) is 0. The molecule has 2 saturated carbocycles. The minimum atomic E-state index is -2.01. The van der Waals surface area contributed by atoms with Crippen LogP contribution in [-0.4, -0.2) is 35.6 Å². The second-order valence-electron chi connectivity index (χ2n) is 5.20. The number of fused-ring (bicyclic) bond motifs is 1. The Bertz CT molecular complexity index is 464. The van der Waals surface area contributed by atoms with E-state index >= 15 is 0 Å². The molecule has 10 heteroatoms. The van der Waals surface area contributed by atoms with E-state index in [0.717, 1.165) is 0 Å². The topological polar surface area (TPSA) is 135 Å². The zero-order chi connectivity index (χ0) is 14.5. The van der Waals surface area contributed by atoms with Crippen LogP contribution in [0.2, 0.25) is 0 Å². The fourth-order valence-corrected chi connectivity index (χ4v) is 3.04. The Balaban J connectivity index is 0.00000200. The van der Waals surface area contributed by atoms with Gasteiger partial charge in [-0.25, -0.2) is 4.39 Å². The summed E-state index contributed by atoms with van der Waals surface area (Å²) < 4.78 is 13.7. The molecule has 0 aromatic heterocycles. The number of amides is 1. The second-order valence-corrected chi connectivity index (χ2v) is 5.20. The summed E-state index contributed by atoms with van der Waals surface area (Å²) in [4.78, 5) is 33.7. The van der Waals surface area contributed by atoms with Gasteiger partial charge in [0.1, 0.15) is 6.17 Å². The number of rotatable bonds is 4. The zero-order valence-electron chi connectivity index (χ0n) is 12.1. The van der Waals surface area contributed by atoms with E-state index in [0.29, 0.717) is 0 Å². The summed E-state index contributed by atoms with van der Waals surface area (Å²) in [5.74, 6) is -7.20. The molecule has 0 aliphatic heterocycles. The van der Waals surface area contributed by atoms with Crippen molar-refractivity contribution in [3.8, 4) is 0 Å². The van der Waals surface area contributed by atoms with Crippen molar-refractivity contribution in [3.63, 3.8) is 0 Å². The van der Waals surface area contributed by atoms with Crippen molar-refractivity contribution in [2.75, 3.05) is 0 Å². The van der Waals surface area contributed by atoms with Gasteiger partial charge in [0.15, 0.2) is 0 Å². The fraction of sp³-hybridized carbons (Fsp3) is 0.727. The predicted molar refractivity (Wildman–Crippen MR) is 54.5 cm³/mol. The maximum absolute atomic E-state index is 13.7. The third-order valence-corrected chi connectivity index (χ3v) is 3.98. The quantitative estimate of drug-likeness (QED) is 0.494. The molecular formula is C11H13FN2Na2O5. The maximum Gasteiger partial charge on any atom is 1.00 e. The Hall–Kier alpha value is 0.300. The first-order chi connectivity index (χ1) is 8.72. The summed E-state index contributed by atoms with van der Waals surface area (Å²) in [6, 6.07) is -0.992. The maximum atomic E-state index is 13.7. The normalized spacial score (nSPS) is 37.3. The van der Waals surface area contributed by atoms with Crippen LogP contribution < -0.4 is 80.4 Å². The van der Waals surface area contributed by atoms with E-state index in [4.69, 9.17) is 5.73 Å². The molecule has 3 N–H and O–H groups in total. The molecule has 2 aliphatic rings. The van der Waals surface area contributed by atoms with Crippen LogP contribution in [0.5, 0.6) is 0 Å². The van der Waals surface area contributed by atoms with Crippen LogP contribution in [-0.2, 0) is 14.4 Å². The van der Waals surface area contributed by atoms with Crippen LogP contribution in [0.3, 0.4) is 0 Å². The number of halogens is 1. The van der Waals surface area contributed by atoms with Crippen LogP contribution >= 0.6 is 0 Å². The van der Waals surface area contributed by atoms with Crippen LogP contribution in [0.1, 0.15) is 13.3 Å². The van der Waals surface area contributed by atoms with Gasteiger partial charge < -0.3 is 30.9 Å². The molecule has 0 unspecified atom stereocenters. The number of carboxylic acids is 2. The molecule has 7 nitrogen and oxygen atoms in total. The molecule has 0 bridgehead atoms. The second kappa shape index (κ2) is 7.25. The molecule has 6 atom stereocenters. The Morgan fingerprint density at radius 1 is 1.33 bits per heavy atom. The van der Waals surface area contributed by atoms with Crippen LogP contribution in [0.15, 0.2) is 0 Å². The summed E-state index contributed by atoms with van der Waals surface area (Å²) >= 11 is 0. The Kier molecular flexibility index (Phi) is 7.35. The summed E-state index contributed by atoms with van der Waals surface area (Å²) in [6.45, 7) is 1.33. The number of aliphatic carboxylic acids is 2. The molecule has 2 fully saturated rings. The summed E-state index contributed by atoms with van der Waals surface area (Å²) in [6.07, 6.45) is -2.13. The molecule has 0 radical (unpaired) electrons. The monoisotopic (exact) mass is 318 g/mol. The number of carbonyl (C=O) groups is 3. The largest absolute Gasteiger partial charge is 1.00 e. The predicted octanol–water partition coefficient (Wildman–Crippen LogP) is -9.70. The third-order valence-electron chi connectivity index (χ3n) is 3.98. The SMILES string of the molecule is C[C@H](N)C(=O)N[C@@]1(C(=O)[O-])C[C@@H](F)[C@H]2[C@H](C(=O)[O-])[C@H]21.[Na+].[Na+]. The average Bonchev–Trinajstić information content (AvgIpc) is 2.96. The minimum Gasteiger partial charge on any atom is -0.550 e. The van der Waals surface area contributed by atoms with Crippen molar-refractivity contribution in [2.45, 2.75) is 31.1 Å². The van der Waals surface area contributed by atoms with Gasteiger partial charge in [0, 0.05) is 30.1 Å². The van der Waals surface area contributed by atoms with Gasteiger partial charge in [0.25, 0.3) is 0 Å². The number of hydrogen-bond donors (Lipinski definition) is 2. The number of carbonyl (C=O) groups excluding carboxylic acids is 3. The van der Waals surface area contributed by atoms with Crippen molar-refractivity contribution in [3.05, 3.63) is 0 Å². The number of alkyl halides is 1. The van der Waals surface area contributed by atoms with Gasteiger partial charge in [-0.1, -0.05) is 0 Å². The average molecular weight is 318 g/mol. The van der Waals surface area contributed by atoms with Crippen LogP contribution in [0, 0.1) is 17.8 Å². The van der Waals surface area contributed by atoms with Crippen LogP contribution in [0.25, 0.3) is 0 Å². The standard InChI is InChI=1S/C11H15FN2O5.2Na/c1-3(13)8(15)14-11(10(18)19)2-4(12)5-6(7(5)11)9(16)17;;/h3-7H,2,13H2,1H3,(H,14,15)(H,16,17)(H,18,19);;/q;2*+1/p-2/t3-,4+,5-,6-,7-,11-;;/m0../s1. The van der Waals surface area contributed by atoms with Crippen molar-refractivity contribution in [1.82, 2.24) is 5.32 Å². The molecule has 2 aliphatic carbocycles. The van der Waals surface area contributed by atoms with E-state index in [-0.39, 0.29) is 59.1 Å². The molecule has 2 rings (SSSR count). The number of hydrogen-bond acceptors (Lipinski definition) is 6. The third kappa shape index (κ3) is 3.46. The van der Waals surface area contributed by atoms with E-state index in [1.54, 1.807) is 0 Å². The summed E-state index contributed by atoms with van der Waals surface area (Å²) in [5.41, 5.74) is 3.30. The Labute approximate surface area is 164 Å². The van der Waals surface area contributed by atoms with Crippen molar-refractivity contribution in [2.24, 2.45) is 23.5 Å². The first-order valence-corrected chi connectivity index (χ1v) is 5.86. The van der Waals surface area contributed by atoms with E-state index < -0.39 is 59.8 Å². The van der Waals surface area contributed by atoms with Gasteiger partial charge >= 0.3 is 59.1 Å². The van der Waals surface area contributed by atoms with Crippen LogP contribution in [0.4, 0.5) is 4.39 Å². The summed E-state index contributed by atoms with van der Waals surface area (Å²) in [5, 5.41) is 24.2. The zero-order valence-corrected chi connectivity index (χ0v) is 16.1. The van der Waals surface area contributed by atoms with Gasteiger partial charge in [-0.3, -0.25) is 4.79 Å². The molecule has 0 saturated heterocycles. The smallest absolute Gasteiger partial charge is 0.550 e. The van der Waals surface area contributed by atoms with Gasteiger partial charge in [0.2, 0.25) is 5.91 Å². The Morgan fingerprint density at radius 2 is 1.86 bits per heavy atom. The van der Waals surface area contributed by atoms with E-state index in [1.165, 1.54) is 6.92 Å². The van der Waals surface area contributed by atoms with Gasteiger partial charge in [-0.15, -0.1) is 0 Å². The van der Waals surface area contributed by atoms with E-state index in [2.05, 4.69) is 5.32 Å². The van der Waals surface area contributed by atoms with E-state index in [9.17, 15) is 29.0 Å².